The molecule has 0 spiro atoms. The van der Waals surface area contributed by atoms with Crippen molar-refractivity contribution in [3.8, 4) is 0 Å². The second-order valence-corrected chi connectivity index (χ2v) is 4.89. The van der Waals surface area contributed by atoms with Gasteiger partial charge < -0.3 is 9.64 Å². The van der Waals surface area contributed by atoms with Crippen LogP contribution in [0.2, 0.25) is 0 Å². The first-order valence-corrected chi connectivity index (χ1v) is 6.33. The van der Waals surface area contributed by atoms with Crippen LogP contribution < -0.4 is 0 Å². The fourth-order valence-electron chi connectivity index (χ4n) is 1.29. The summed E-state index contributed by atoms with van der Waals surface area (Å²) in [5, 5.41) is 0. The standard InChI is InChI=1S/C13H26N2O2/c1-6-7-8-17-13(16)12(9-11(2)3)14-10-15(4)5/h10-12H,6-9H2,1-5H3. The second-order valence-electron chi connectivity index (χ2n) is 4.89. The minimum atomic E-state index is -0.366. The highest BCUT2D eigenvalue weighted by Crippen LogP contribution is 2.10. The van der Waals surface area contributed by atoms with Crippen molar-refractivity contribution >= 4 is 12.3 Å². The molecule has 100 valence electrons. The lowest BCUT2D eigenvalue weighted by molar-refractivity contribution is -0.145. The summed E-state index contributed by atoms with van der Waals surface area (Å²) in [6, 6.07) is -0.366. The number of nitrogens with zero attached hydrogens (tertiary/aromatic N) is 2. The lowest BCUT2D eigenvalue weighted by atomic mass is 10.0. The number of esters is 1. The highest BCUT2D eigenvalue weighted by molar-refractivity contribution is 5.77. The third-order valence-electron chi connectivity index (χ3n) is 2.19. The molecule has 0 aromatic rings. The molecule has 0 aliphatic rings. The Bertz CT molecular complexity index is 238. The Hall–Kier alpha value is -1.06. The lowest BCUT2D eigenvalue weighted by Crippen LogP contribution is -2.25. The molecule has 0 rings (SSSR count). The van der Waals surface area contributed by atoms with Crippen LogP contribution in [0.3, 0.4) is 0 Å². The fraction of sp³-hybridized carbons (Fsp3) is 0.846. The molecular formula is C13H26N2O2. The van der Waals surface area contributed by atoms with Gasteiger partial charge in [0.25, 0.3) is 0 Å². The number of hydrogen-bond donors (Lipinski definition) is 0. The maximum Gasteiger partial charge on any atom is 0.330 e. The van der Waals surface area contributed by atoms with E-state index in [0.717, 1.165) is 19.3 Å². The number of unbranched alkanes of at least 4 members (excludes halogenated alkanes) is 1. The topological polar surface area (TPSA) is 41.9 Å². The van der Waals surface area contributed by atoms with Crippen LogP contribution in [0.5, 0.6) is 0 Å². The van der Waals surface area contributed by atoms with E-state index in [1.807, 2.05) is 19.0 Å². The van der Waals surface area contributed by atoms with Gasteiger partial charge in [-0.3, -0.25) is 4.99 Å². The van der Waals surface area contributed by atoms with E-state index in [9.17, 15) is 4.79 Å². The first kappa shape index (κ1) is 15.9. The molecular weight excluding hydrogens is 216 g/mol. The van der Waals surface area contributed by atoms with Gasteiger partial charge in [-0.1, -0.05) is 27.2 Å². The monoisotopic (exact) mass is 242 g/mol. The molecule has 4 heteroatoms. The number of carbonyl (C=O) groups is 1. The largest absolute Gasteiger partial charge is 0.464 e. The van der Waals surface area contributed by atoms with Gasteiger partial charge in [-0.2, -0.15) is 0 Å². The quantitative estimate of drug-likeness (QED) is 0.284. The van der Waals surface area contributed by atoms with Crippen LogP contribution in [0.1, 0.15) is 40.0 Å². The Morgan fingerprint density at radius 3 is 2.53 bits per heavy atom. The first-order valence-electron chi connectivity index (χ1n) is 6.33. The third kappa shape index (κ3) is 8.72. The number of rotatable bonds is 8. The van der Waals surface area contributed by atoms with E-state index in [4.69, 9.17) is 4.74 Å². The van der Waals surface area contributed by atoms with Crippen molar-refractivity contribution in [1.82, 2.24) is 4.90 Å². The molecule has 0 fully saturated rings. The summed E-state index contributed by atoms with van der Waals surface area (Å²) in [5.74, 6) is 0.225. The molecule has 1 unspecified atom stereocenters. The Labute approximate surface area is 105 Å². The average molecular weight is 242 g/mol. The van der Waals surface area contributed by atoms with Crippen molar-refractivity contribution in [2.24, 2.45) is 10.9 Å². The Balaban J connectivity index is 4.29. The molecule has 0 bridgehead atoms. The lowest BCUT2D eigenvalue weighted by Gasteiger charge is -2.15. The number of aliphatic imine (C=N–C) groups is 1. The average Bonchev–Trinajstić information content (AvgIpc) is 2.23. The van der Waals surface area contributed by atoms with Gasteiger partial charge in [0, 0.05) is 14.1 Å². The van der Waals surface area contributed by atoms with Gasteiger partial charge in [0.1, 0.15) is 6.04 Å². The van der Waals surface area contributed by atoms with Crippen LogP contribution >= 0.6 is 0 Å². The van der Waals surface area contributed by atoms with E-state index in [1.165, 1.54) is 0 Å². The predicted molar refractivity (Wildman–Crippen MR) is 71.3 cm³/mol. The fourth-order valence-corrected chi connectivity index (χ4v) is 1.29. The molecule has 0 aliphatic carbocycles. The van der Waals surface area contributed by atoms with E-state index in [2.05, 4.69) is 25.8 Å². The van der Waals surface area contributed by atoms with E-state index in [1.54, 1.807) is 6.34 Å². The molecule has 0 aromatic heterocycles. The molecule has 0 saturated carbocycles. The minimum Gasteiger partial charge on any atom is -0.464 e. The molecule has 0 saturated heterocycles. The summed E-state index contributed by atoms with van der Waals surface area (Å²) in [7, 11) is 3.77. The Morgan fingerprint density at radius 1 is 1.41 bits per heavy atom. The van der Waals surface area contributed by atoms with Crippen LogP contribution in [-0.4, -0.2) is 44.0 Å². The normalized spacial score (nSPS) is 13.1. The SMILES string of the molecule is CCCCOC(=O)C(CC(C)C)N=CN(C)C. The van der Waals surface area contributed by atoms with Crippen LogP contribution in [0.4, 0.5) is 0 Å². The van der Waals surface area contributed by atoms with Gasteiger partial charge >= 0.3 is 5.97 Å². The van der Waals surface area contributed by atoms with Crippen molar-refractivity contribution in [3.05, 3.63) is 0 Å². The van der Waals surface area contributed by atoms with Crippen molar-refractivity contribution < 1.29 is 9.53 Å². The Morgan fingerprint density at radius 2 is 2.06 bits per heavy atom. The molecule has 0 aromatic carbocycles. The highest BCUT2D eigenvalue weighted by Gasteiger charge is 2.19. The minimum absolute atomic E-state index is 0.203. The van der Waals surface area contributed by atoms with E-state index < -0.39 is 0 Å². The zero-order valence-corrected chi connectivity index (χ0v) is 11.8. The molecule has 0 N–H and O–H groups in total. The van der Waals surface area contributed by atoms with Gasteiger partial charge in [0.15, 0.2) is 0 Å². The number of hydrogen-bond acceptors (Lipinski definition) is 3. The first-order chi connectivity index (χ1) is 7.97. The van der Waals surface area contributed by atoms with Crippen molar-refractivity contribution in [2.45, 2.75) is 46.1 Å². The summed E-state index contributed by atoms with van der Waals surface area (Å²) in [5.41, 5.74) is 0. The molecule has 0 aliphatic heterocycles. The van der Waals surface area contributed by atoms with E-state index in [0.29, 0.717) is 12.5 Å². The molecule has 1 atom stereocenters. The van der Waals surface area contributed by atoms with E-state index in [-0.39, 0.29) is 12.0 Å². The predicted octanol–water partition coefficient (Wildman–Crippen LogP) is 2.33. The van der Waals surface area contributed by atoms with Crippen LogP contribution in [0, 0.1) is 5.92 Å². The second kappa shape index (κ2) is 9.02. The summed E-state index contributed by atoms with van der Waals surface area (Å²) in [4.78, 5) is 17.9. The summed E-state index contributed by atoms with van der Waals surface area (Å²) < 4.78 is 5.21. The summed E-state index contributed by atoms with van der Waals surface area (Å²) in [6.45, 7) is 6.74. The molecule has 0 heterocycles. The number of carbonyl (C=O) groups excluding carboxylic acids is 1. The smallest absolute Gasteiger partial charge is 0.330 e. The molecule has 0 amide bonds. The molecule has 4 nitrogen and oxygen atoms in total. The van der Waals surface area contributed by atoms with Gasteiger partial charge in [-0.25, -0.2) is 4.79 Å². The van der Waals surface area contributed by atoms with Gasteiger partial charge in [-0.05, 0) is 18.8 Å². The Kier molecular flexibility index (Phi) is 8.46. The van der Waals surface area contributed by atoms with Crippen LogP contribution in [0.15, 0.2) is 4.99 Å². The number of ether oxygens (including phenoxy) is 1. The molecule has 17 heavy (non-hydrogen) atoms. The third-order valence-corrected chi connectivity index (χ3v) is 2.19. The van der Waals surface area contributed by atoms with Gasteiger partial charge in [0.2, 0.25) is 0 Å². The zero-order valence-electron chi connectivity index (χ0n) is 11.8. The van der Waals surface area contributed by atoms with Crippen LogP contribution in [0.25, 0.3) is 0 Å². The highest BCUT2D eigenvalue weighted by atomic mass is 16.5. The van der Waals surface area contributed by atoms with Crippen molar-refractivity contribution in [1.29, 1.82) is 0 Å². The van der Waals surface area contributed by atoms with Gasteiger partial charge in [-0.15, -0.1) is 0 Å². The summed E-state index contributed by atoms with van der Waals surface area (Å²) >= 11 is 0. The van der Waals surface area contributed by atoms with Crippen molar-refractivity contribution in [2.75, 3.05) is 20.7 Å². The summed E-state index contributed by atoms with van der Waals surface area (Å²) in [6.07, 6.45) is 4.35. The molecule has 0 radical (unpaired) electrons. The van der Waals surface area contributed by atoms with E-state index >= 15 is 0 Å². The van der Waals surface area contributed by atoms with Crippen molar-refractivity contribution in [3.63, 3.8) is 0 Å². The maximum atomic E-state index is 11.8. The zero-order chi connectivity index (χ0) is 13.3. The van der Waals surface area contributed by atoms with Crippen LogP contribution in [-0.2, 0) is 9.53 Å². The maximum absolute atomic E-state index is 11.8. The van der Waals surface area contributed by atoms with Gasteiger partial charge in [0.05, 0.1) is 12.9 Å².